The van der Waals surface area contributed by atoms with Crippen LogP contribution in [0.1, 0.15) is 31.6 Å². The maximum Gasteiger partial charge on any atom is 0.160 e. The Kier molecular flexibility index (Phi) is 4.29. The Morgan fingerprint density at radius 3 is 2.85 bits per heavy atom. The molecule has 0 amide bonds. The Morgan fingerprint density at radius 1 is 1.40 bits per heavy atom. The first kappa shape index (κ1) is 14.3. The van der Waals surface area contributed by atoms with Gasteiger partial charge in [0.2, 0.25) is 0 Å². The van der Waals surface area contributed by atoms with Gasteiger partial charge in [0.15, 0.2) is 5.65 Å². The Morgan fingerprint density at radius 2 is 2.15 bits per heavy atom. The van der Waals surface area contributed by atoms with Gasteiger partial charge in [0.05, 0.1) is 5.88 Å². The number of pyridine rings is 1. The molecule has 2 aromatic heterocycles. The molecule has 1 fully saturated rings. The lowest BCUT2D eigenvalue weighted by atomic mass is 10.3. The van der Waals surface area contributed by atoms with Gasteiger partial charge in [-0.3, -0.25) is 0 Å². The van der Waals surface area contributed by atoms with Crippen molar-refractivity contribution in [1.82, 2.24) is 19.4 Å². The van der Waals surface area contributed by atoms with Crippen LogP contribution in [-0.4, -0.2) is 39.1 Å². The summed E-state index contributed by atoms with van der Waals surface area (Å²) < 4.78 is 3.13. The van der Waals surface area contributed by atoms with E-state index in [1.165, 1.54) is 25.9 Å². The Balaban J connectivity index is 1.95. The van der Waals surface area contributed by atoms with Crippen LogP contribution in [-0.2, 0) is 5.88 Å². The fourth-order valence-corrected chi connectivity index (χ4v) is 3.49. The molecule has 3 heterocycles. The van der Waals surface area contributed by atoms with E-state index >= 15 is 0 Å². The molecule has 1 saturated heterocycles. The molecule has 3 rings (SSSR count). The van der Waals surface area contributed by atoms with Gasteiger partial charge in [0.25, 0.3) is 0 Å². The number of imidazole rings is 1. The number of aromatic nitrogens is 3. The lowest BCUT2D eigenvalue weighted by molar-refractivity contribution is 0.288. The van der Waals surface area contributed by atoms with Gasteiger partial charge in [-0.15, -0.1) is 11.6 Å². The van der Waals surface area contributed by atoms with Crippen molar-refractivity contribution in [1.29, 1.82) is 0 Å². The minimum Gasteiger partial charge on any atom is -0.308 e. The Bertz CT molecular complexity index is 606. The fraction of sp³-hybridized carbons (Fsp3) is 0.571. The molecule has 0 aliphatic carbocycles. The Labute approximate surface area is 132 Å². The molecule has 0 aromatic carbocycles. The summed E-state index contributed by atoms with van der Waals surface area (Å²) in [6.45, 7) is 5.66. The molecule has 6 heteroatoms. The van der Waals surface area contributed by atoms with E-state index in [1.54, 1.807) is 0 Å². The highest BCUT2D eigenvalue weighted by atomic mass is 79.9. The molecular weight excluding hydrogens is 340 g/mol. The third-order valence-electron chi connectivity index (χ3n) is 3.85. The number of halogens is 2. The van der Waals surface area contributed by atoms with Gasteiger partial charge in [-0.1, -0.05) is 0 Å². The zero-order valence-corrected chi connectivity index (χ0v) is 13.9. The van der Waals surface area contributed by atoms with Crippen molar-refractivity contribution in [3.63, 3.8) is 0 Å². The van der Waals surface area contributed by atoms with Gasteiger partial charge >= 0.3 is 0 Å². The average molecular weight is 358 g/mol. The second kappa shape index (κ2) is 6.00. The minimum absolute atomic E-state index is 0.334. The number of likely N-dealkylation sites (tertiary alicyclic amines) is 1. The quantitative estimate of drug-likeness (QED) is 0.784. The third kappa shape index (κ3) is 2.71. The average Bonchev–Trinajstić information content (AvgIpc) is 3.04. The van der Waals surface area contributed by atoms with Crippen molar-refractivity contribution >= 4 is 38.7 Å². The van der Waals surface area contributed by atoms with Crippen LogP contribution in [0, 0.1) is 0 Å². The highest BCUT2D eigenvalue weighted by Gasteiger charge is 2.20. The highest BCUT2D eigenvalue weighted by Crippen LogP contribution is 2.24. The van der Waals surface area contributed by atoms with Gasteiger partial charge in [-0.25, -0.2) is 9.97 Å². The summed E-state index contributed by atoms with van der Waals surface area (Å²) in [6, 6.07) is 2.33. The van der Waals surface area contributed by atoms with Crippen LogP contribution in [0.25, 0.3) is 11.2 Å². The van der Waals surface area contributed by atoms with Gasteiger partial charge in [-0.05, 0) is 54.9 Å². The van der Waals surface area contributed by atoms with E-state index in [4.69, 9.17) is 11.6 Å². The first-order valence-corrected chi connectivity index (χ1v) is 8.32. The second-order valence-electron chi connectivity index (χ2n) is 5.38. The molecule has 1 unspecified atom stereocenters. The molecule has 2 aromatic rings. The van der Waals surface area contributed by atoms with Crippen LogP contribution in [0.4, 0.5) is 0 Å². The summed E-state index contributed by atoms with van der Waals surface area (Å²) in [5, 5.41) is 0. The predicted molar refractivity (Wildman–Crippen MR) is 85.2 cm³/mol. The second-order valence-corrected chi connectivity index (χ2v) is 6.57. The third-order valence-corrected chi connectivity index (χ3v) is 4.52. The zero-order valence-electron chi connectivity index (χ0n) is 11.5. The van der Waals surface area contributed by atoms with Crippen molar-refractivity contribution in [2.75, 3.05) is 19.6 Å². The summed E-state index contributed by atoms with van der Waals surface area (Å²) >= 11 is 9.51. The number of hydrogen-bond donors (Lipinski definition) is 0. The van der Waals surface area contributed by atoms with Gasteiger partial charge in [0.1, 0.15) is 11.3 Å². The molecule has 20 heavy (non-hydrogen) atoms. The molecule has 108 valence electrons. The van der Waals surface area contributed by atoms with E-state index in [0.717, 1.165) is 28.0 Å². The number of rotatable bonds is 4. The van der Waals surface area contributed by atoms with E-state index in [9.17, 15) is 0 Å². The summed E-state index contributed by atoms with van der Waals surface area (Å²) in [5.74, 6) is 1.32. The molecule has 1 aliphatic rings. The monoisotopic (exact) mass is 356 g/mol. The molecular formula is C14H18BrClN4. The summed E-state index contributed by atoms with van der Waals surface area (Å²) in [4.78, 5) is 11.6. The Hall–Kier alpha value is -0.650. The molecule has 0 saturated carbocycles. The van der Waals surface area contributed by atoms with E-state index in [0.29, 0.717) is 11.9 Å². The SMILES string of the molecule is CC(CN1CCCC1)n1c(CCl)nc2cc(Br)cnc21. The van der Waals surface area contributed by atoms with E-state index in [1.807, 2.05) is 12.3 Å². The number of hydrogen-bond acceptors (Lipinski definition) is 3. The maximum atomic E-state index is 6.07. The lowest BCUT2D eigenvalue weighted by Gasteiger charge is -2.22. The van der Waals surface area contributed by atoms with Crippen LogP contribution < -0.4 is 0 Å². The molecule has 1 atom stereocenters. The molecule has 0 spiro atoms. The van der Waals surface area contributed by atoms with Crippen molar-refractivity contribution in [3.05, 3.63) is 22.6 Å². The van der Waals surface area contributed by atoms with Crippen molar-refractivity contribution < 1.29 is 0 Å². The van der Waals surface area contributed by atoms with Crippen LogP contribution in [0.15, 0.2) is 16.7 Å². The molecule has 0 N–H and O–H groups in total. The van der Waals surface area contributed by atoms with Gasteiger partial charge in [0, 0.05) is 23.3 Å². The number of nitrogens with zero attached hydrogens (tertiary/aromatic N) is 4. The van der Waals surface area contributed by atoms with Crippen molar-refractivity contribution in [3.8, 4) is 0 Å². The molecule has 4 nitrogen and oxygen atoms in total. The van der Waals surface area contributed by atoms with Crippen molar-refractivity contribution in [2.24, 2.45) is 0 Å². The molecule has 0 radical (unpaired) electrons. The summed E-state index contributed by atoms with van der Waals surface area (Å²) in [5.41, 5.74) is 1.83. The van der Waals surface area contributed by atoms with Crippen LogP contribution in [0.2, 0.25) is 0 Å². The maximum absolute atomic E-state index is 6.07. The first-order valence-electron chi connectivity index (χ1n) is 6.99. The van der Waals surface area contributed by atoms with Crippen LogP contribution in [0.5, 0.6) is 0 Å². The topological polar surface area (TPSA) is 34.0 Å². The number of fused-ring (bicyclic) bond motifs is 1. The van der Waals surface area contributed by atoms with E-state index < -0.39 is 0 Å². The lowest BCUT2D eigenvalue weighted by Crippen LogP contribution is -2.27. The van der Waals surface area contributed by atoms with E-state index in [2.05, 4.69) is 42.3 Å². The fourth-order valence-electron chi connectivity index (χ4n) is 2.98. The van der Waals surface area contributed by atoms with Crippen LogP contribution in [0.3, 0.4) is 0 Å². The number of alkyl halides is 1. The summed E-state index contributed by atoms with van der Waals surface area (Å²) in [7, 11) is 0. The highest BCUT2D eigenvalue weighted by molar-refractivity contribution is 9.10. The smallest absolute Gasteiger partial charge is 0.160 e. The molecule has 1 aliphatic heterocycles. The standard InChI is InChI=1S/C14H18BrClN4/c1-10(9-19-4-2-3-5-19)20-13(7-16)18-12-6-11(15)8-17-14(12)20/h6,8,10H,2-5,7,9H2,1H3. The first-order chi connectivity index (χ1) is 9.69. The summed E-state index contributed by atoms with van der Waals surface area (Å²) in [6.07, 6.45) is 4.44. The zero-order chi connectivity index (χ0) is 14.1. The molecule has 0 bridgehead atoms. The minimum atomic E-state index is 0.334. The predicted octanol–water partition coefficient (Wildman–Crippen LogP) is 3.59. The van der Waals surface area contributed by atoms with Gasteiger partial charge < -0.3 is 9.47 Å². The van der Waals surface area contributed by atoms with Crippen molar-refractivity contribution in [2.45, 2.75) is 31.7 Å². The van der Waals surface area contributed by atoms with Gasteiger partial charge in [-0.2, -0.15) is 0 Å². The van der Waals surface area contributed by atoms with Crippen LogP contribution >= 0.6 is 27.5 Å². The normalized spacial score (nSPS) is 17.9. The largest absolute Gasteiger partial charge is 0.308 e. The van der Waals surface area contributed by atoms with E-state index in [-0.39, 0.29) is 0 Å².